The minimum absolute atomic E-state index is 0.0368. The third-order valence-corrected chi connectivity index (χ3v) is 3.43. The van der Waals surface area contributed by atoms with Gasteiger partial charge in [0.1, 0.15) is 6.04 Å². The Labute approximate surface area is 139 Å². The van der Waals surface area contributed by atoms with Crippen molar-refractivity contribution in [3.63, 3.8) is 0 Å². The highest BCUT2D eigenvalue weighted by Gasteiger charge is 2.37. The molecule has 0 aliphatic heterocycles. The first-order valence-electron chi connectivity index (χ1n) is 7.07. The van der Waals surface area contributed by atoms with Crippen molar-refractivity contribution in [3.05, 3.63) is 70.8 Å². The van der Waals surface area contributed by atoms with Gasteiger partial charge in [0.15, 0.2) is 0 Å². The van der Waals surface area contributed by atoms with Gasteiger partial charge in [0.25, 0.3) is 0 Å². The summed E-state index contributed by atoms with van der Waals surface area (Å²) in [6, 6.07) is 10.2. The lowest BCUT2D eigenvalue weighted by Gasteiger charge is -2.17. The van der Waals surface area contributed by atoms with Crippen LogP contribution in [0.4, 0.5) is 26.3 Å². The minimum Gasteiger partial charge on any atom is -0.294 e. The molecule has 0 aliphatic carbocycles. The number of benzene rings is 2. The summed E-state index contributed by atoms with van der Waals surface area (Å²) >= 11 is 0. The molecule has 0 saturated carbocycles. The first-order chi connectivity index (χ1) is 11.6. The molecule has 2 aromatic rings. The van der Waals surface area contributed by atoms with Crippen LogP contribution in [0.2, 0.25) is 0 Å². The number of hydrogen-bond acceptors (Lipinski definition) is 2. The lowest BCUT2D eigenvalue weighted by Crippen LogP contribution is -2.21. The van der Waals surface area contributed by atoms with Crippen molar-refractivity contribution in [2.75, 3.05) is 0 Å². The van der Waals surface area contributed by atoms with Gasteiger partial charge >= 0.3 is 12.4 Å². The molecule has 2 rings (SSSR count). The average molecular weight is 358 g/mol. The molecule has 0 saturated heterocycles. The van der Waals surface area contributed by atoms with Crippen LogP contribution in [0, 0.1) is 11.3 Å². The van der Waals surface area contributed by atoms with Crippen LogP contribution >= 0.6 is 0 Å². The lowest BCUT2D eigenvalue weighted by atomic mass is 10.00. The van der Waals surface area contributed by atoms with Gasteiger partial charge in [-0.1, -0.05) is 30.3 Å². The van der Waals surface area contributed by atoms with E-state index in [1.165, 1.54) is 0 Å². The Kier molecular flexibility index (Phi) is 5.38. The average Bonchev–Trinajstić information content (AvgIpc) is 2.54. The molecule has 0 heterocycles. The van der Waals surface area contributed by atoms with Gasteiger partial charge in [-0.2, -0.15) is 31.6 Å². The highest BCUT2D eigenvalue weighted by atomic mass is 19.4. The summed E-state index contributed by atoms with van der Waals surface area (Å²) in [4.78, 5) is 0. The van der Waals surface area contributed by atoms with Crippen LogP contribution < -0.4 is 5.32 Å². The fourth-order valence-corrected chi connectivity index (χ4v) is 2.20. The zero-order valence-electron chi connectivity index (χ0n) is 12.6. The SMILES string of the molecule is N#CC(NCc1ccccc1)c1cc(C(F)(F)F)cc(C(F)(F)F)c1. The van der Waals surface area contributed by atoms with Crippen LogP contribution in [0.15, 0.2) is 48.5 Å². The zero-order chi connectivity index (χ0) is 18.7. The second kappa shape index (κ2) is 7.15. The highest BCUT2D eigenvalue weighted by molar-refractivity contribution is 5.37. The Morgan fingerprint density at radius 3 is 1.84 bits per heavy atom. The fraction of sp³-hybridized carbons (Fsp3) is 0.235. The Hall–Kier alpha value is -2.53. The van der Waals surface area contributed by atoms with E-state index in [0.717, 1.165) is 5.56 Å². The molecule has 0 bridgehead atoms. The summed E-state index contributed by atoms with van der Waals surface area (Å²) in [5, 5.41) is 11.8. The third kappa shape index (κ3) is 4.97. The van der Waals surface area contributed by atoms with Crippen molar-refractivity contribution in [3.8, 4) is 6.07 Å². The molecule has 1 atom stereocenters. The molecule has 1 N–H and O–H groups in total. The quantitative estimate of drug-likeness (QED) is 0.774. The maximum atomic E-state index is 12.9. The molecular weight excluding hydrogens is 346 g/mol. The molecule has 0 amide bonds. The molecule has 0 aliphatic rings. The molecule has 8 heteroatoms. The van der Waals surface area contributed by atoms with E-state index in [-0.39, 0.29) is 18.2 Å². The van der Waals surface area contributed by atoms with E-state index in [0.29, 0.717) is 12.1 Å². The zero-order valence-corrected chi connectivity index (χ0v) is 12.6. The van der Waals surface area contributed by atoms with Gasteiger partial charge in [0, 0.05) is 6.54 Å². The number of nitrogens with zero attached hydrogens (tertiary/aromatic N) is 1. The van der Waals surface area contributed by atoms with Crippen molar-refractivity contribution in [1.29, 1.82) is 5.26 Å². The molecule has 0 spiro atoms. The largest absolute Gasteiger partial charge is 0.416 e. The van der Waals surface area contributed by atoms with Gasteiger partial charge in [-0.3, -0.25) is 5.32 Å². The van der Waals surface area contributed by atoms with E-state index in [9.17, 15) is 26.3 Å². The maximum absolute atomic E-state index is 12.9. The molecule has 132 valence electrons. The van der Waals surface area contributed by atoms with Crippen LogP contribution in [0.1, 0.15) is 28.3 Å². The predicted molar refractivity (Wildman–Crippen MR) is 78.1 cm³/mol. The van der Waals surface area contributed by atoms with E-state index in [2.05, 4.69) is 5.32 Å². The van der Waals surface area contributed by atoms with Crippen molar-refractivity contribution >= 4 is 0 Å². The molecule has 1 unspecified atom stereocenters. The van der Waals surface area contributed by atoms with Gasteiger partial charge in [0.2, 0.25) is 0 Å². The summed E-state index contributed by atoms with van der Waals surface area (Å²) < 4.78 is 77.3. The fourth-order valence-electron chi connectivity index (χ4n) is 2.20. The minimum atomic E-state index is -4.95. The molecule has 0 fully saturated rings. The first kappa shape index (κ1) is 18.8. The van der Waals surface area contributed by atoms with E-state index in [1.54, 1.807) is 36.4 Å². The summed E-state index contributed by atoms with van der Waals surface area (Å²) in [6.45, 7) is 0.122. The van der Waals surface area contributed by atoms with Gasteiger partial charge in [-0.05, 0) is 29.3 Å². The second-order valence-corrected chi connectivity index (χ2v) is 5.27. The van der Waals surface area contributed by atoms with E-state index in [4.69, 9.17) is 5.26 Å². The molecular formula is C17H12F6N2. The topological polar surface area (TPSA) is 35.8 Å². The lowest BCUT2D eigenvalue weighted by molar-refractivity contribution is -0.143. The van der Waals surface area contributed by atoms with Crippen LogP contribution in [0.5, 0.6) is 0 Å². The number of rotatable bonds is 4. The first-order valence-corrected chi connectivity index (χ1v) is 7.07. The van der Waals surface area contributed by atoms with Crippen molar-refractivity contribution < 1.29 is 26.3 Å². The Morgan fingerprint density at radius 2 is 1.40 bits per heavy atom. The second-order valence-electron chi connectivity index (χ2n) is 5.27. The standard InChI is InChI=1S/C17H12F6N2/c18-16(19,20)13-6-12(7-14(8-13)17(21,22)23)15(9-24)25-10-11-4-2-1-3-5-11/h1-8,15,25H,10H2. The normalized spacial score (nSPS) is 13.3. The number of halogens is 6. The molecule has 2 aromatic carbocycles. The van der Waals surface area contributed by atoms with E-state index in [1.807, 2.05) is 0 Å². The Morgan fingerprint density at radius 1 is 0.880 bits per heavy atom. The molecule has 25 heavy (non-hydrogen) atoms. The summed E-state index contributed by atoms with van der Waals surface area (Å²) in [6.07, 6.45) is -9.90. The summed E-state index contributed by atoms with van der Waals surface area (Å²) in [5.74, 6) is 0. The molecule has 0 radical (unpaired) electrons. The van der Waals surface area contributed by atoms with Crippen LogP contribution in [0.3, 0.4) is 0 Å². The van der Waals surface area contributed by atoms with Gasteiger partial charge in [0.05, 0.1) is 17.2 Å². The third-order valence-electron chi connectivity index (χ3n) is 3.43. The van der Waals surface area contributed by atoms with Crippen molar-refractivity contribution in [1.82, 2.24) is 5.32 Å². The van der Waals surface area contributed by atoms with Crippen LogP contribution in [-0.2, 0) is 18.9 Å². The Bertz CT molecular complexity index is 727. The summed E-state index contributed by atoms with van der Waals surface area (Å²) in [7, 11) is 0. The van der Waals surface area contributed by atoms with Crippen molar-refractivity contribution in [2.24, 2.45) is 0 Å². The monoisotopic (exact) mass is 358 g/mol. The molecule has 2 nitrogen and oxygen atoms in total. The van der Waals surface area contributed by atoms with Crippen LogP contribution in [0.25, 0.3) is 0 Å². The molecule has 0 aromatic heterocycles. The van der Waals surface area contributed by atoms with E-state index >= 15 is 0 Å². The smallest absolute Gasteiger partial charge is 0.294 e. The maximum Gasteiger partial charge on any atom is 0.416 e. The number of nitriles is 1. The number of hydrogen-bond donors (Lipinski definition) is 1. The van der Waals surface area contributed by atoms with Gasteiger partial charge in [-0.25, -0.2) is 0 Å². The predicted octanol–water partition coefficient (Wildman–Crippen LogP) is 5.08. The van der Waals surface area contributed by atoms with E-state index < -0.39 is 29.5 Å². The number of alkyl halides is 6. The Balaban J connectivity index is 2.36. The highest BCUT2D eigenvalue weighted by Crippen LogP contribution is 2.37. The van der Waals surface area contributed by atoms with Crippen molar-refractivity contribution in [2.45, 2.75) is 24.9 Å². The summed E-state index contributed by atoms with van der Waals surface area (Å²) in [5.41, 5.74) is -2.54. The van der Waals surface area contributed by atoms with Gasteiger partial charge in [-0.15, -0.1) is 0 Å². The number of nitrogens with one attached hydrogen (secondary N) is 1. The van der Waals surface area contributed by atoms with Gasteiger partial charge < -0.3 is 0 Å². The van der Waals surface area contributed by atoms with Crippen LogP contribution in [-0.4, -0.2) is 0 Å².